The fourth-order valence-electron chi connectivity index (χ4n) is 1.81. The predicted molar refractivity (Wildman–Crippen MR) is 82.3 cm³/mol. The molecule has 0 aliphatic carbocycles. The molecule has 2 heterocycles. The van der Waals surface area contributed by atoms with Crippen LogP contribution < -0.4 is 5.32 Å². The summed E-state index contributed by atoms with van der Waals surface area (Å²) < 4.78 is 14.1. The molecule has 1 aromatic carbocycles. The van der Waals surface area contributed by atoms with Crippen LogP contribution in [0.15, 0.2) is 35.7 Å². The lowest BCUT2D eigenvalue weighted by Gasteiger charge is -2.04. The van der Waals surface area contributed by atoms with E-state index in [1.54, 1.807) is 13.0 Å². The van der Waals surface area contributed by atoms with Gasteiger partial charge in [0.15, 0.2) is 0 Å². The van der Waals surface area contributed by atoms with E-state index in [0.29, 0.717) is 5.13 Å². The maximum atomic E-state index is 14.1. The summed E-state index contributed by atoms with van der Waals surface area (Å²) in [5, 5.41) is 13.1. The van der Waals surface area contributed by atoms with Crippen LogP contribution in [0.1, 0.15) is 15.4 Å². The van der Waals surface area contributed by atoms with E-state index in [1.165, 1.54) is 34.8 Å². The first kappa shape index (κ1) is 13.8. The van der Waals surface area contributed by atoms with E-state index < -0.39 is 11.7 Å². The molecule has 0 aliphatic heterocycles. The molecule has 0 unspecified atom stereocenters. The van der Waals surface area contributed by atoms with Gasteiger partial charge < -0.3 is 0 Å². The summed E-state index contributed by atoms with van der Waals surface area (Å²) in [6.07, 6.45) is 0. The highest BCUT2D eigenvalue weighted by Gasteiger charge is 2.15. The number of carbonyl (C=O) groups excluding carboxylic acids is 1. The monoisotopic (exact) mass is 319 g/mol. The van der Waals surface area contributed by atoms with E-state index in [0.717, 1.165) is 15.4 Å². The van der Waals surface area contributed by atoms with Gasteiger partial charge >= 0.3 is 0 Å². The smallest absolute Gasteiger partial charge is 0.260 e. The number of rotatable bonds is 3. The van der Waals surface area contributed by atoms with Gasteiger partial charge in [0.1, 0.15) is 10.8 Å². The van der Waals surface area contributed by atoms with Crippen molar-refractivity contribution < 1.29 is 9.18 Å². The maximum Gasteiger partial charge on any atom is 0.260 e. The highest BCUT2D eigenvalue weighted by molar-refractivity contribution is 7.15. The van der Waals surface area contributed by atoms with Crippen molar-refractivity contribution in [3.8, 4) is 10.4 Å². The van der Waals surface area contributed by atoms with Crippen molar-refractivity contribution in [1.29, 1.82) is 0 Å². The van der Waals surface area contributed by atoms with E-state index in [2.05, 4.69) is 15.5 Å². The first-order valence-corrected chi connectivity index (χ1v) is 7.78. The molecule has 0 saturated carbocycles. The van der Waals surface area contributed by atoms with Gasteiger partial charge in [0, 0.05) is 4.88 Å². The number of hydrogen-bond acceptors (Lipinski definition) is 5. The third kappa shape index (κ3) is 2.98. The molecule has 4 nitrogen and oxygen atoms in total. The first-order chi connectivity index (χ1) is 10.1. The van der Waals surface area contributed by atoms with Gasteiger partial charge in [-0.2, -0.15) is 0 Å². The maximum absolute atomic E-state index is 14.1. The molecule has 106 valence electrons. The SMILES string of the molecule is Cc1nnc(NC(=O)c2ccc(-c3cccs3)cc2F)s1. The van der Waals surface area contributed by atoms with Crippen molar-refractivity contribution in [1.82, 2.24) is 10.2 Å². The molecule has 0 radical (unpaired) electrons. The molecule has 0 saturated heterocycles. The molecule has 0 atom stereocenters. The normalized spacial score (nSPS) is 10.6. The van der Waals surface area contributed by atoms with Crippen molar-refractivity contribution >= 4 is 33.7 Å². The Bertz CT molecular complexity index is 783. The van der Waals surface area contributed by atoms with Crippen LogP contribution >= 0.6 is 22.7 Å². The van der Waals surface area contributed by atoms with Crippen molar-refractivity contribution in [2.75, 3.05) is 5.32 Å². The zero-order valence-electron chi connectivity index (χ0n) is 11.0. The second kappa shape index (κ2) is 5.71. The van der Waals surface area contributed by atoms with E-state index >= 15 is 0 Å². The number of aromatic nitrogens is 2. The van der Waals surface area contributed by atoms with Crippen LogP contribution in [0.5, 0.6) is 0 Å². The van der Waals surface area contributed by atoms with E-state index in [9.17, 15) is 9.18 Å². The minimum atomic E-state index is -0.556. The van der Waals surface area contributed by atoms with Crippen LogP contribution in [0, 0.1) is 12.7 Å². The van der Waals surface area contributed by atoms with Gasteiger partial charge in [0.2, 0.25) is 5.13 Å². The molecule has 0 aliphatic rings. The molecule has 0 bridgehead atoms. The average Bonchev–Trinajstić information content (AvgIpc) is 3.10. The number of carbonyl (C=O) groups is 1. The summed E-state index contributed by atoms with van der Waals surface area (Å²) in [7, 11) is 0. The van der Waals surface area contributed by atoms with Crippen LogP contribution in [0.4, 0.5) is 9.52 Å². The van der Waals surface area contributed by atoms with Gasteiger partial charge in [0.05, 0.1) is 5.56 Å². The van der Waals surface area contributed by atoms with Gasteiger partial charge in [-0.15, -0.1) is 21.5 Å². The van der Waals surface area contributed by atoms with Crippen LogP contribution in [0.2, 0.25) is 0 Å². The Morgan fingerprint density at radius 1 is 1.29 bits per heavy atom. The zero-order chi connectivity index (χ0) is 14.8. The topological polar surface area (TPSA) is 54.9 Å². The van der Waals surface area contributed by atoms with Gasteiger partial charge in [-0.1, -0.05) is 23.5 Å². The average molecular weight is 319 g/mol. The van der Waals surface area contributed by atoms with Gasteiger partial charge in [-0.05, 0) is 36.1 Å². The quantitative estimate of drug-likeness (QED) is 0.795. The Morgan fingerprint density at radius 3 is 2.76 bits per heavy atom. The van der Waals surface area contributed by atoms with Crippen molar-refractivity contribution in [2.45, 2.75) is 6.92 Å². The lowest BCUT2D eigenvalue weighted by atomic mass is 10.1. The van der Waals surface area contributed by atoms with Crippen LogP contribution in [-0.4, -0.2) is 16.1 Å². The lowest BCUT2D eigenvalue weighted by Crippen LogP contribution is -2.13. The summed E-state index contributed by atoms with van der Waals surface area (Å²) in [6.45, 7) is 1.78. The predicted octanol–water partition coefficient (Wildman–Crippen LogP) is 3.97. The Morgan fingerprint density at radius 2 is 2.14 bits per heavy atom. The Balaban J connectivity index is 1.84. The third-order valence-corrected chi connectivity index (χ3v) is 4.44. The summed E-state index contributed by atoms with van der Waals surface area (Å²) in [5.74, 6) is -1.08. The molecule has 7 heteroatoms. The van der Waals surface area contributed by atoms with Crippen LogP contribution in [0.25, 0.3) is 10.4 Å². The molecule has 3 rings (SSSR count). The Kier molecular flexibility index (Phi) is 3.76. The van der Waals surface area contributed by atoms with Gasteiger partial charge in [-0.25, -0.2) is 4.39 Å². The number of nitrogens with one attached hydrogen (secondary N) is 1. The van der Waals surface area contributed by atoms with E-state index in [-0.39, 0.29) is 5.56 Å². The molecule has 1 amide bonds. The number of amides is 1. The Labute approximate surface area is 128 Å². The molecule has 3 aromatic rings. The molecular formula is C14H10FN3OS2. The van der Waals surface area contributed by atoms with Crippen molar-refractivity contribution in [3.05, 3.63) is 52.1 Å². The second-order valence-corrected chi connectivity index (χ2v) is 6.38. The summed E-state index contributed by atoms with van der Waals surface area (Å²) in [4.78, 5) is 13.0. The molecule has 2 aromatic heterocycles. The minimum Gasteiger partial charge on any atom is -0.296 e. The van der Waals surface area contributed by atoms with E-state index in [4.69, 9.17) is 0 Å². The number of aryl methyl sites for hydroxylation is 1. The number of halogens is 1. The number of nitrogens with zero attached hydrogens (tertiary/aromatic N) is 2. The largest absolute Gasteiger partial charge is 0.296 e. The molecule has 0 fully saturated rings. The Hall–Kier alpha value is -2.12. The number of hydrogen-bond donors (Lipinski definition) is 1. The number of benzene rings is 1. The highest BCUT2D eigenvalue weighted by atomic mass is 32.1. The van der Waals surface area contributed by atoms with E-state index in [1.807, 2.05) is 17.5 Å². The zero-order valence-corrected chi connectivity index (χ0v) is 12.6. The minimum absolute atomic E-state index is 0.0110. The first-order valence-electron chi connectivity index (χ1n) is 6.08. The fraction of sp³-hybridized carbons (Fsp3) is 0.0714. The highest BCUT2D eigenvalue weighted by Crippen LogP contribution is 2.26. The summed E-state index contributed by atoms with van der Waals surface area (Å²) >= 11 is 2.76. The summed E-state index contributed by atoms with van der Waals surface area (Å²) in [5.41, 5.74) is 0.744. The number of thiophene rings is 1. The van der Waals surface area contributed by atoms with Crippen LogP contribution in [-0.2, 0) is 0 Å². The number of anilines is 1. The molecule has 1 N–H and O–H groups in total. The van der Waals surface area contributed by atoms with Crippen LogP contribution in [0.3, 0.4) is 0 Å². The van der Waals surface area contributed by atoms with Gasteiger partial charge in [-0.3, -0.25) is 10.1 Å². The third-order valence-electron chi connectivity index (χ3n) is 2.77. The molecule has 21 heavy (non-hydrogen) atoms. The second-order valence-electron chi connectivity index (χ2n) is 4.25. The fourth-order valence-corrected chi connectivity index (χ4v) is 3.12. The summed E-state index contributed by atoms with van der Waals surface area (Å²) in [6, 6.07) is 8.38. The van der Waals surface area contributed by atoms with Crippen molar-refractivity contribution in [2.24, 2.45) is 0 Å². The molecular weight excluding hydrogens is 309 g/mol. The lowest BCUT2D eigenvalue weighted by molar-refractivity contribution is 0.102. The van der Waals surface area contributed by atoms with Gasteiger partial charge in [0.25, 0.3) is 5.91 Å². The van der Waals surface area contributed by atoms with Crippen molar-refractivity contribution in [3.63, 3.8) is 0 Å². The standard InChI is InChI=1S/C14H10FN3OS2/c1-8-17-18-14(21-8)16-13(19)10-5-4-9(7-11(10)15)12-3-2-6-20-12/h2-7H,1H3,(H,16,18,19). The molecule has 0 spiro atoms.